The van der Waals surface area contributed by atoms with E-state index in [-0.39, 0.29) is 22.7 Å². The van der Waals surface area contributed by atoms with Crippen molar-refractivity contribution in [2.24, 2.45) is 15.3 Å². The number of thiazole rings is 1. The number of halogens is 1. The number of hydrazone groups is 1. The molecule has 188 valence electrons. The number of azo groups is 1. The van der Waals surface area contributed by atoms with Gasteiger partial charge >= 0.3 is 0 Å². The van der Waals surface area contributed by atoms with E-state index < -0.39 is 16.9 Å². The number of hydrogen-bond acceptors (Lipinski definition) is 9. The third-order valence-corrected chi connectivity index (χ3v) is 6.69. The van der Waals surface area contributed by atoms with E-state index in [0.717, 1.165) is 5.01 Å². The highest BCUT2D eigenvalue weighted by molar-refractivity contribution is 7.14. The van der Waals surface area contributed by atoms with Crippen LogP contribution in [0.1, 0.15) is 22.8 Å². The number of benzene rings is 3. The van der Waals surface area contributed by atoms with Crippen molar-refractivity contribution < 1.29 is 14.5 Å². The van der Waals surface area contributed by atoms with Crippen LogP contribution in [0.3, 0.4) is 0 Å². The van der Waals surface area contributed by atoms with Gasteiger partial charge in [0.2, 0.25) is 5.13 Å². The smallest absolute Gasteiger partial charge is 0.282 e. The van der Waals surface area contributed by atoms with Gasteiger partial charge in [-0.3, -0.25) is 19.7 Å². The van der Waals surface area contributed by atoms with Crippen LogP contribution in [0.4, 0.5) is 16.5 Å². The Balaban J connectivity index is 1.38. The molecule has 10 nitrogen and oxygen atoms in total. The van der Waals surface area contributed by atoms with Crippen LogP contribution in [0.5, 0.6) is 0 Å². The second-order valence-electron chi connectivity index (χ2n) is 8.19. The Bertz CT molecular complexity index is 1640. The van der Waals surface area contributed by atoms with E-state index in [1.54, 1.807) is 60.8 Å². The molecule has 5 rings (SSSR count). The van der Waals surface area contributed by atoms with Gasteiger partial charge in [0.1, 0.15) is 0 Å². The van der Waals surface area contributed by atoms with Gasteiger partial charge in [-0.05, 0) is 25.1 Å². The van der Waals surface area contributed by atoms with Gasteiger partial charge in [-0.1, -0.05) is 54.1 Å². The molecule has 0 spiro atoms. The summed E-state index contributed by atoms with van der Waals surface area (Å²) in [4.78, 5) is 41.3. The Morgan fingerprint density at radius 1 is 1.11 bits per heavy atom. The lowest BCUT2D eigenvalue weighted by molar-refractivity contribution is -0.384. The van der Waals surface area contributed by atoms with Crippen LogP contribution in [-0.2, 0) is 4.79 Å². The lowest BCUT2D eigenvalue weighted by atomic mass is 10.0. The van der Waals surface area contributed by atoms with Gasteiger partial charge in [-0.15, -0.1) is 11.3 Å². The van der Waals surface area contributed by atoms with Crippen molar-refractivity contribution in [3.05, 3.63) is 104 Å². The number of anilines is 1. The van der Waals surface area contributed by atoms with Gasteiger partial charge in [0.15, 0.2) is 11.8 Å². The molecule has 4 aromatic rings. The van der Waals surface area contributed by atoms with Crippen LogP contribution in [0.2, 0.25) is 5.02 Å². The number of nitro groups is 1. The van der Waals surface area contributed by atoms with Gasteiger partial charge in [0.25, 0.3) is 11.6 Å². The maximum Gasteiger partial charge on any atom is 0.282 e. The Morgan fingerprint density at radius 3 is 2.66 bits per heavy atom. The van der Waals surface area contributed by atoms with E-state index in [4.69, 9.17) is 11.6 Å². The number of carbonyl (C=O) groups is 2. The topological polar surface area (TPSA) is 130 Å². The molecule has 1 aliphatic rings. The summed E-state index contributed by atoms with van der Waals surface area (Å²) in [5.74, 6) is -0.737. The number of hydrogen-bond donors (Lipinski definition) is 0. The summed E-state index contributed by atoms with van der Waals surface area (Å²) >= 11 is 7.30. The van der Waals surface area contributed by atoms with Crippen molar-refractivity contribution in [2.45, 2.75) is 13.0 Å². The van der Waals surface area contributed by atoms with Crippen LogP contribution < -0.4 is 5.01 Å². The molecule has 0 saturated heterocycles. The largest absolute Gasteiger partial charge is 0.289 e. The molecule has 0 radical (unpaired) electrons. The first-order chi connectivity index (χ1) is 18.3. The number of rotatable bonds is 7. The molecule has 0 N–H and O–H groups in total. The van der Waals surface area contributed by atoms with Gasteiger partial charge in [-0.2, -0.15) is 20.3 Å². The SMILES string of the molecule is CC1=NN(c2nc(-c3cccc([N+](=O)[O-])c3)cs2)C(=O)[C@@H]1N=Nc1ccc(Cl)cc1C(=O)c1ccccc1. The van der Waals surface area contributed by atoms with Crippen molar-refractivity contribution in [3.63, 3.8) is 0 Å². The minimum atomic E-state index is -1.00. The van der Waals surface area contributed by atoms with Gasteiger partial charge < -0.3 is 0 Å². The molecule has 0 fully saturated rings. The maximum atomic E-state index is 13.2. The molecule has 2 heterocycles. The Hall–Kier alpha value is -4.61. The molecular weight excluding hydrogens is 528 g/mol. The monoisotopic (exact) mass is 544 g/mol. The zero-order valence-electron chi connectivity index (χ0n) is 19.7. The standard InChI is InChI=1S/C26H17ClN6O4S/c1-15-23(30-29-21-11-10-18(27)13-20(21)24(34)16-6-3-2-4-7-16)25(35)32(31-15)26-28-22(14-38-26)17-8-5-9-19(12-17)33(36)37/h2-14,23H,1H3/t23-/m1/s1. The molecule has 1 aromatic heterocycles. The predicted molar refractivity (Wildman–Crippen MR) is 144 cm³/mol. The Morgan fingerprint density at radius 2 is 1.89 bits per heavy atom. The number of nitrogens with zero attached hydrogens (tertiary/aromatic N) is 6. The Kier molecular flexibility index (Phi) is 6.86. The number of amides is 1. The van der Waals surface area contributed by atoms with E-state index in [0.29, 0.717) is 32.7 Å². The minimum Gasteiger partial charge on any atom is -0.289 e. The minimum absolute atomic E-state index is 0.0593. The number of non-ortho nitro benzene ring substituents is 1. The van der Waals surface area contributed by atoms with Crippen LogP contribution in [0.15, 0.2) is 93.5 Å². The van der Waals surface area contributed by atoms with Crippen LogP contribution in [0.25, 0.3) is 11.3 Å². The molecule has 0 saturated carbocycles. The van der Waals surface area contributed by atoms with Crippen LogP contribution in [-0.4, -0.2) is 33.4 Å². The molecule has 1 atom stereocenters. The first-order valence-corrected chi connectivity index (χ1v) is 12.5. The van der Waals surface area contributed by atoms with E-state index in [2.05, 4.69) is 20.3 Å². The summed E-state index contributed by atoms with van der Waals surface area (Å²) in [7, 11) is 0. The van der Waals surface area contributed by atoms with E-state index >= 15 is 0 Å². The second kappa shape index (κ2) is 10.4. The third-order valence-electron chi connectivity index (χ3n) is 5.64. The van der Waals surface area contributed by atoms with Gasteiger partial charge in [0, 0.05) is 33.7 Å². The highest BCUT2D eigenvalue weighted by atomic mass is 35.5. The maximum absolute atomic E-state index is 13.2. The summed E-state index contributed by atoms with van der Waals surface area (Å²) in [6, 6.07) is 18.4. The van der Waals surface area contributed by atoms with Crippen LogP contribution >= 0.6 is 22.9 Å². The number of aromatic nitrogens is 1. The molecule has 3 aromatic carbocycles. The van der Waals surface area contributed by atoms with Gasteiger partial charge in [0.05, 0.1) is 27.6 Å². The summed E-state index contributed by atoms with van der Waals surface area (Å²) in [6.07, 6.45) is 0. The van der Waals surface area contributed by atoms with Crippen molar-refractivity contribution in [2.75, 3.05) is 5.01 Å². The average molecular weight is 545 g/mol. The zero-order valence-corrected chi connectivity index (χ0v) is 21.3. The van der Waals surface area contributed by atoms with Crippen LogP contribution in [0, 0.1) is 10.1 Å². The summed E-state index contributed by atoms with van der Waals surface area (Å²) in [6.45, 7) is 1.65. The normalized spacial score (nSPS) is 15.2. The molecule has 1 amide bonds. The number of ketones is 1. The summed E-state index contributed by atoms with van der Waals surface area (Å²) < 4.78 is 0. The fourth-order valence-corrected chi connectivity index (χ4v) is 4.70. The second-order valence-corrected chi connectivity index (χ2v) is 9.46. The molecule has 38 heavy (non-hydrogen) atoms. The van der Waals surface area contributed by atoms with Crippen molar-refractivity contribution in [1.29, 1.82) is 0 Å². The first kappa shape index (κ1) is 25.1. The lowest BCUT2D eigenvalue weighted by Crippen LogP contribution is -2.29. The molecule has 0 aliphatic carbocycles. The zero-order chi connectivity index (χ0) is 26.8. The fourth-order valence-electron chi connectivity index (χ4n) is 3.74. The average Bonchev–Trinajstić information content (AvgIpc) is 3.52. The molecule has 0 bridgehead atoms. The van der Waals surface area contributed by atoms with Gasteiger partial charge in [-0.25, -0.2) is 4.98 Å². The summed E-state index contributed by atoms with van der Waals surface area (Å²) in [5.41, 5.74) is 2.35. The first-order valence-electron chi connectivity index (χ1n) is 11.2. The van der Waals surface area contributed by atoms with E-state index in [1.807, 2.05) is 6.07 Å². The molecular formula is C26H17ClN6O4S. The van der Waals surface area contributed by atoms with E-state index in [1.165, 1.54) is 29.5 Å². The van der Waals surface area contributed by atoms with E-state index in [9.17, 15) is 19.7 Å². The molecule has 1 aliphatic heterocycles. The van der Waals surface area contributed by atoms with Crippen molar-refractivity contribution in [3.8, 4) is 11.3 Å². The number of nitro benzene ring substituents is 1. The van der Waals surface area contributed by atoms with Crippen molar-refractivity contribution >= 4 is 56.8 Å². The van der Waals surface area contributed by atoms with Crippen molar-refractivity contribution in [1.82, 2.24) is 4.98 Å². The quantitative estimate of drug-likeness (QED) is 0.114. The lowest BCUT2D eigenvalue weighted by Gasteiger charge is -2.09. The summed E-state index contributed by atoms with van der Waals surface area (Å²) in [5, 5.41) is 27.3. The fraction of sp³-hybridized carbons (Fsp3) is 0.0769. The molecule has 12 heteroatoms. The molecule has 0 unspecified atom stereocenters. The third kappa shape index (κ3) is 4.97. The highest BCUT2D eigenvalue weighted by Crippen LogP contribution is 2.32. The Labute approximate surface area is 225 Å². The predicted octanol–water partition coefficient (Wildman–Crippen LogP) is 6.48. The number of carbonyl (C=O) groups excluding carboxylic acids is 2. The highest BCUT2D eigenvalue weighted by Gasteiger charge is 2.36.